The van der Waals surface area contributed by atoms with E-state index in [4.69, 9.17) is 14.2 Å². The molecule has 174 valence electrons. The number of aliphatic hydroxyl groups is 2. The van der Waals surface area contributed by atoms with E-state index in [0.29, 0.717) is 19.8 Å². The van der Waals surface area contributed by atoms with E-state index in [1.54, 1.807) is 0 Å². The van der Waals surface area contributed by atoms with Gasteiger partial charge >= 0.3 is 0 Å². The molecule has 1 aliphatic carbocycles. The molecule has 1 fully saturated rings. The molecular formula is C28H32O5. The van der Waals surface area contributed by atoms with Crippen molar-refractivity contribution in [3.8, 4) is 0 Å². The van der Waals surface area contributed by atoms with E-state index in [0.717, 1.165) is 16.7 Å². The predicted molar refractivity (Wildman–Crippen MR) is 126 cm³/mol. The molecular weight excluding hydrogens is 416 g/mol. The molecule has 0 spiro atoms. The summed E-state index contributed by atoms with van der Waals surface area (Å²) in [5, 5.41) is 22.0. The molecule has 3 aromatic carbocycles. The third-order valence-electron chi connectivity index (χ3n) is 6.24. The second kappa shape index (κ2) is 11.5. The van der Waals surface area contributed by atoms with Crippen molar-refractivity contribution >= 4 is 0 Å². The Bertz CT molecular complexity index is 950. The van der Waals surface area contributed by atoms with Gasteiger partial charge in [0, 0.05) is 5.92 Å². The van der Waals surface area contributed by atoms with Crippen LogP contribution in [-0.4, -0.2) is 40.7 Å². The third-order valence-corrected chi connectivity index (χ3v) is 6.24. The number of hydrogen-bond acceptors (Lipinski definition) is 5. The van der Waals surface area contributed by atoms with Crippen molar-refractivity contribution < 1.29 is 24.4 Å². The lowest BCUT2D eigenvalue weighted by molar-refractivity contribution is -0.243. The Labute approximate surface area is 195 Å². The Balaban J connectivity index is 1.49. The van der Waals surface area contributed by atoms with Gasteiger partial charge in [0.2, 0.25) is 0 Å². The number of rotatable bonds is 9. The van der Waals surface area contributed by atoms with Crippen molar-refractivity contribution in [2.24, 2.45) is 5.92 Å². The van der Waals surface area contributed by atoms with Crippen LogP contribution in [0.15, 0.2) is 91.0 Å². The molecule has 0 heterocycles. The lowest BCUT2D eigenvalue weighted by atomic mass is 9.79. The minimum atomic E-state index is -1.13. The van der Waals surface area contributed by atoms with Crippen LogP contribution in [0, 0.1) is 5.92 Å². The number of benzene rings is 3. The van der Waals surface area contributed by atoms with Gasteiger partial charge in [-0.1, -0.05) is 97.9 Å². The summed E-state index contributed by atoms with van der Waals surface area (Å²) in [6.45, 7) is 3.04. The summed E-state index contributed by atoms with van der Waals surface area (Å²) in [7, 11) is 0. The van der Waals surface area contributed by atoms with E-state index in [9.17, 15) is 10.2 Å². The fourth-order valence-corrected chi connectivity index (χ4v) is 4.37. The van der Waals surface area contributed by atoms with Gasteiger partial charge in [-0.05, 0) is 16.7 Å². The van der Waals surface area contributed by atoms with Crippen molar-refractivity contribution in [2.45, 2.75) is 57.3 Å². The molecule has 0 radical (unpaired) electrons. The topological polar surface area (TPSA) is 68.2 Å². The van der Waals surface area contributed by atoms with Crippen LogP contribution >= 0.6 is 0 Å². The summed E-state index contributed by atoms with van der Waals surface area (Å²) in [6.07, 6.45) is -3.94. The van der Waals surface area contributed by atoms with Crippen LogP contribution in [0.2, 0.25) is 0 Å². The first-order valence-electron chi connectivity index (χ1n) is 11.5. The van der Waals surface area contributed by atoms with Gasteiger partial charge in [-0.25, -0.2) is 0 Å². The third kappa shape index (κ3) is 6.08. The smallest absolute Gasteiger partial charge is 0.113 e. The molecule has 0 aliphatic heterocycles. The molecule has 1 saturated carbocycles. The van der Waals surface area contributed by atoms with Crippen LogP contribution in [0.4, 0.5) is 0 Å². The fourth-order valence-electron chi connectivity index (χ4n) is 4.37. The van der Waals surface area contributed by atoms with Gasteiger partial charge < -0.3 is 24.4 Å². The van der Waals surface area contributed by atoms with Crippen LogP contribution < -0.4 is 0 Å². The van der Waals surface area contributed by atoms with Gasteiger partial charge in [0.1, 0.15) is 18.3 Å². The summed E-state index contributed by atoms with van der Waals surface area (Å²) < 4.78 is 18.6. The average molecular weight is 449 g/mol. The van der Waals surface area contributed by atoms with Crippen molar-refractivity contribution in [2.75, 3.05) is 0 Å². The highest BCUT2D eigenvalue weighted by molar-refractivity contribution is 5.16. The van der Waals surface area contributed by atoms with Gasteiger partial charge in [-0.3, -0.25) is 0 Å². The van der Waals surface area contributed by atoms with Gasteiger partial charge in [0.15, 0.2) is 0 Å². The molecule has 0 saturated heterocycles. The summed E-state index contributed by atoms with van der Waals surface area (Å²) in [6, 6.07) is 29.5. The standard InChI is InChI=1S/C28H32O5/c1-20-26(31-17-21-11-5-2-6-12-21)24(29)25(30)28(33-19-23-15-9-4-10-16-23)27(20)32-18-22-13-7-3-8-14-22/h2-16,20,24-30H,17-19H2,1H3/t20-,24-,25+,26?,27?,28?/m0/s1. The van der Waals surface area contributed by atoms with Crippen molar-refractivity contribution in [1.29, 1.82) is 0 Å². The predicted octanol–water partition coefficient (Wildman–Crippen LogP) is 4.11. The molecule has 4 rings (SSSR count). The fraction of sp³-hybridized carbons (Fsp3) is 0.357. The number of hydrogen-bond donors (Lipinski definition) is 2. The maximum absolute atomic E-state index is 11.0. The Morgan fingerprint density at radius 3 is 1.27 bits per heavy atom. The maximum atomic E-state index is 11.0. The Morgan fingerprint density at radius 2 is 0.848 bits per heavy atom. The SMILES string of the molecule is C[C@@H]1C(OCc2ccccc2)C(OCc2ccccc2)[C@H](O)[C@H](O)C1OCc1ccccc1. The number of ether oxygens (including phenoxy) is 3. The summed E-state index contributed by atoms with van der Waals surface area (Å²) in [5.74, 6) is -0.198. The second-order valence-electron chi connectivity index (χ2n) is 8.62. The molecule has 6 atom stereocenters. The molecule has 2 N–H and O–H groups in total. The Morgan fingerprint density at radius 1 is 0.515 bits per heavy atom. The lowest BCUT2D eigenvalue weighted by Crippen LogP contribution is -2.62. The highest BCUT2D eigenvalue weighted by Crippen LogP contribution is 2.34. The van der Waals surface area contributed by atoms with Gasteiger partial charge in [-0.2, -0.15) is 0 Å². The average Bonchev–Trinajstić information content (AvgIpc) is 2.86. The van der Waals surface area contributed by atoms with E-state index in [-0.39, 0.29) is 5.92 Å². The highest BCUT2D eigenvalue weighted by atomic mass is 16.6. The normalized spacial score (nSPS) is 27.4. The minimum Gasteiger partial charge on any atom is -0.388 e. The van der Waals surface area contributed by atoms with Crippen LogP contribution in [0.3, 0.4) is 0 Å². The first kappa shape index (κ1) is 23.6. The van der Waals surface area contributed by atoms with Crippen LogP contribution in [0.5, 0.6) is 0 Å². The summed E-state index contributed by atoms with van der Waals surface area (Å²) in [5.41, 5.74) is 3.04. The van der Waals surface area contributed by atoms with E-state index in [1.165, 1.54) is 0 Å². The van der Waals surface area contributed by atoms with Gasteiger partial charge in [0.25, 0.3) is 0 Å². The largest absolute Gasteiger partial charge is 0.388 e. The molecule has 33 heavy (non-hydrogen) atoms. The quantitative estimate of drug-likeness (QED) is 0.516. The Kier molecular flexibility index (Phi) is 8.26. The molecule has 5 nitrogen and oxygen atoms in total. The monoisotopic (exact) mass is 448 g/mol. The van der Waals surface area contributed by atoms with Gasteiger partial charge in [0.05, 0.1) is 32.0 Å². The van der Waals surface area contributed by atoms with Crippen molar-refractivity contribution in [1.82, 2.24) is 0 Å². The van der Waals surface area contributed by atoms with E-state index in [1.807, 2.05) is 97.9 Å². The maximum Gasteiger partial charge on any atom is 0.113 e. The molecule has 0 aromatic heterocycles. The second-order valence-corrected chi connectivity index (χ2v) is 8.62. The van der Waals surface area contributed by atoms with E-state index < -0.39 is 30.5 Å². The highest BCUT2D eigenvalue weighted by Gasteiger charge is 2.50. The molecule has 3 unspecified atom stereocenters. The van der Waals surface area contributed by atoms with Crippen molar-refractivity contribution in [3.63, 3.8) is 0 Å². The first-order chi connectivity index (χ1) is 16.1. The van der Waals surface area contributed by atoms with E-state index in [2.05, 4.69) is 0 Å². The lowest BCUT2D eigenvalue weighted by Gasteiger charge is -2.46. The Hall–Kier alpha value is -2.54. The molecule has 3 aromatic rings. The molecule has 0 amide bonds. The zero-order valence-electron chi connectivity index (χ0n) is 18.9. The zero-order valence-corrected chi connectivity index (χ0v) is 18.9. The summed E-state index contributed by atoms with van der Waals surface area (Å²) >= 11 is 0. The van der Waals surface area contributed by atoms with E-state index >= 15 is 0 Å². The molecule has 1 aliphatic rings. The van der Waals surface area contributed by atoms with Crippen molar-refractivity contribution in [3.05, 3.63) is 108 Å². The molecule has 0 bridgehead atoms. The van der Waals surface area contributed by atoms with Crippen LogP contribution in [-0.2, 0) is 34.0 Å². The molecule has 5 heteroatoms. The summed E-state index contributed by atoms with van der Waals surface area (Å²) in [4.78, 5) is 0. The zero-order chi connectivity index (χ0) is 23.0. The number of aliphatic hydroxyl groups excluding tert-OH is 2. The van der Waals surface area contributed by atoms with Crippen LogP contribution in [0.25, 0.3) is 0 Å². The minimum absolute atomic E-state index is 0.198. The van der Waals surface area contributed by atoms with Crippen LogP contribution in [0.1, 0.15) is 23.6 Å². The van der Waals surface area contributed by atoms with Gasteiger partial charge in [-0.15, -0.1) is 0 Å². The first-order valence-corrected chi connectivity index (χ1v) is 11.5.